The fourth-order valence-electron chi connectivity index (χ4n) is 2.11. The number of anilines is 3. The quantitative estimate of drug-likeness (QED) is 0.769. The van der Waals surface area contributed by atoms with Crippen LogP contribution in [0.3, 0.4) is 0 Å². The van der Waals surface area contributed by atoms with Gasteiger partial charge in [-0.15, -0.1) is 0 Å². The van der Waals surface area contributed by atoms with Crippen molar-refractivity contribution in [3.05, 3.63) is 78.2 Å². The summed E-state index contributed by atoms with van der Waals surface area (Å²) in [6, 6.07) is 18.9. The molecule has 0 saturated heterocycles. The SMILES string of the molecule is Cc1ncc(Nc2ccccc2)nc1C(=O)Nc1ccccc1. The molecule has 2 aromatic carbocycles. The topological polar surface area (TPSA) is 66.9 Å². The fourth-order valence-corrected chi connectivity index (χ4v) is 2.11. The average Bonchev–Trinajstić information content (AvgIpc) is 2.58. The van der Waals surface area contributed by atoms with Crippen LogP contribution < -0.4 is 10.6 Å². The molecule has 1 heterocycles. The molecule has 0 unspecified atom stereocenters. The van der Waals surface area contributed by atoms with Gasteiger partial charge in [0.1, 0.15) is 5.82 Å². The van der Waals surface area contributed by atoms with E-state index in [4.69, 9.17) is 0 Å². The van der Waals surface area contributed by atoms with Gasteiger partial charge in [-0.1, -0.05) is 36.4 Å². The number of nitrogens with zero attached hydrogens (tertiary/aromatic N) is 2. The van der Waals surface area contributed by atoms with Crippen molar-refractivity contribution in [1.29, 1.82) is 0 Å². The molecule has 23 heavy (non-hydrogen) atoms. The Bertz CT molecular complexity index is 804. The highest BCUT2D eigenvalue weighted by Crippen LogP contribution is 2.15. The van der Waals surface area contributed by atoms with Gasteiger partial charge >= 0.3 is 0 Å². The van der Waals surface area contributed by atoms with E-state index in [0.717, 1.165) is 11.4 Å². The lowest BCUT2D eigenvalue weighted by Gasteiger charge is -2.09. The van der Waals surface area contributed by atoms with E-state index in [2.05, 4.69) is 20.6 Å². The first-order chi connectivity index (χ1) is 11.2. The van der Waals surface area contributed by atoms with Crippen LogP contribution in [-0.4, -0.2) is 15.9 Å². The largest absolute Gasteiger partial charge is 0.339 e. The third-order valence-electron chi connectivity index (χ3n) is 3.25. The summed E-state index contributed by atoms with van der Waals surface area (Å²) in [5.41, 5.74) is 2.49. The van der Waals surface area contributed by atoms with Gasteiger partial charge in [-0.3, -0.25) is 9.78 Å². The van der Waals surface area contributed by atoms with Gasteiger partial charge in [0.25, 0.3) is 5.91 Å². The Balaban J connectivity index is 1.81. The third kappa shape index (κ3) is 3.71. The second-order valence-electron chi connectivity index (χ2n) is 5.00. The molecule has 1 amide bonds. The molecular formula is C18H16N4O. The van der Waals surface area contributed by atoms with Crippen LogP contribution in [-0.2, 0) is 0 Å². The number of hydrogen-bond acceptors (Lipinski definition) is 4. The van der Waals surface area contributed by atoms with Gasteiger partial charge in [0.15, 0.2) is 5.69 Å². The number of rotatable bonds is 4. The van der Waals surface area contributed by atoms with E-state index in [1.54, 1.807) is 13.1 Å². The van der Waals surface area contributed by atoms with Crippen LogP contribution in [0.25, 0.3) is 0 Å². The smallest absolute Gasteiger partial charge is 0.276 e. The van der Waals surface area contributed by atoms with Gasteiger partial charge in [-0.2, -0.15) is 0 Å². The van der Waals surface area contributed by atoms with Crippen LogP contribution in [0.5, 0.6) is 0 Å². The van der Waals surface area contributed by atoms with Crippen molar-refractivity contribution >= 4 is 23.1 Å². The second kappa shape index (κ2) is 6.70. The monoisotopic (exact) mass is 304 g/mol. The minimum Gasteiger partial charge on any atom is -0.339 e. The van der Waals surface area contributed by atoms with Crippen molar-refractivity contribution in [1.82, 2.24) is 9.97 Å². The fraction of sp³-hybridized carbons (Fsp3) is 0.0556. The molecule has 0 spiro atoms. The standard InChI is InChI=1S/C18H16N4O/c1-13-17(18(23)21-15-10-6-3-7-11-15)22-16(12-19-13)20-14-8-4-2-5-9-14/h2-12H,1H3,(H,20,22)(H,21,23). The number of carbonyl (C=O) groups is 1. The van der Waals surface area contributed by atoms with E-state index in [-0.39, 0.29) is 5.91 Å². The van der Waals surface area contributed by atoms with Gasteiger partial charge in [0.05, 0.1) is 11.9 Å². The maximum atomic E-state index is 12.4. The van der Waals surface area contributed by atoms with Crippen molar-refractivity contribution in [3.8, 4) is 0 Å². The number of aromatic nitrogens is 2. The van der Waals surface area contributed by atoms with E-state index in [9.17, 15) is 4.79 Å². The van der Waals surface area contributed by atoms with Gasteiger partial charge in [-0.25, -0.2) is 4.98 Å². The highest BCUT2D eigenvalue weighted by molar-refractivity contribution is 6.03. The molecular weight excluding hydrogens is 288 g/mol. The molecule has 0 radical (unpaired) electrons. The van der Waals surface area contributed by atoms with Crippen LogP contribution in [0.15, 0.2) is 66.9 Å². The number of nitrogens with one attached hydrogen (secondary N) is 2. The zero-order valence-corrected chi connectivity index (χ0v) is 12.7. The number of para-hydroxylation sites is 2. The molecule has 0 saturated carbocycles. The van der Waals surface area contributed by atoms with Crippen molar-refractivity contribution in [2.75, 3.05) is 10.6 Å². The van der Waals surface area contributed by atoms with Crippen LogP contribution in [0.1, 0.15) is 16.2 Å². The summed E-state index contributed by atoms with van der Waals surface area (Å²) < 4.78 is 0. The van der Waals surface area contributed by atoms with Crippen LogP contribution in [0, 0.1) is 6.92 Å². The number of carbonyl (C=O) groups excluding carboxylic acids is 1. The molecule has 0 aliphatic rings. The van der Waals surface area contributed by atoms with E-state index < -0.39 is 0 Å². The third-order valence-corrected chi connectivity index (χ3v) is 3.25. The number of benzene rings is 2. The minimum absolute atomic E-state index is 0.280. The van der Waals surface area contributed by atoms with Crippen LogP contribution in [0.2, 0.25) is 0 Å². The van der Waals surface area contributed by atoms with E-state index in [1.807, 2.05) is 60.7 Å². The van der Waals surface area contributed by atoms with Crippen molar-refractivity contribution < 1.29 is 4.79 Å². The molecule has 0 bridgehead atoms. The average molecular weight is 304 g/mol. The van der Waals surface area contributed by atoms with Gasteiger partial charge < -0.3 is 10.6 Å². The highest BCUT2D eigenvalue weighted by atomic mass is 16.1. The summed E-state index contributed by atoms with van der Waals surface area (Å²) >= 11 is 0. The predicted molar refractivity (Wildman–Crippen MR) is 90.9 cm³/mol. The zero-order chi connectivity index (χ0) is 16.1. The lowest BCUT2D eigenvalue weighted by Crippen LogP contribution is -2.16. The lowest BCUT2D eigenvalue weighted by molar-refractivity contribution is 0.102. The van der Waals surface area contributed by atoms with Crippen molar-refractivity contribution in [3.63, 3.8) is 0 Å². The Morgan fingerprint density at radius 1 is 0.913 bits per heavy atom. The predicted octanol–water partition coefficient (Wildman–Crippen LogP) is 3.78. The summed E-state index contributed by atoms with van der Waals surface area (Å²) in [6.45, 7) is 1.76. The van der Waals surface area contributed by atoms with Gasteiger partial charge in [0, 0.05) is 11.4 Å². The Morgan fingerprint density at radius 2 is 1.52 bits per heavy atom. The van der Waals surface area contributed by atoms with E-state index >= 15 is 0 Å². The van der Waals surface area contributed by atoms with E-state index in [0.29, 0.717) is 17.2 Å². The van der Waals surface area contributed by atoms with Crippen molar-refractivity contribution in [2.24, 2.45) is 0 Å². The minimum atomic E-state index is -0.280. The number of amides is 1. The molecule has 3 aromatic rings. The molecule has 0 aliphatic heterocycles. The first kappa shape index (κ1) is 14.7. The molecule has 3 rings (SSSR count). The normalized spacial score (nSPS) is 10.1. The summed E-state index contributed by atoms with van der Waals surface area (Å²) in [7, 11) is 0. The van der Waals surface area contributed by atoms with Crippen molar-refractivity contribution in [2.45, 2.75) is 6.92 Å². The Morgan fingerprint density at radius 3 is 2.17 bits per heavy atom. The number of hydrogen-bond donors (Lipinski definition) is 2. The molecule has 1 aromatic heterocycles. The molecule has 5 nitrogen and oxygen atoms in total. The maximum Gasteiger partial charge on any atom is 0.276 e. The Hall–Kier alpha value is -3.21. The molecule has 0 atom stereocenters. The van der Waals surface area contributed by atoms with Crippen LogP contribution in [0.4, 0.5) is 17.2 Å². The number of aryl methyl sites for hydroxylation is 1. The lowest BCUT2D eigenvalue weighted by atomic mass is 10.2. The second-order valence-corrected chi connectivity index (χ2v) is 5.00. The first-order valence-corrected chi connectivity index (χ1v) is 7.24. The Kier molecular flexibility index (Phi) is 4.29. The molecule has 0 aliphatic carbocycles. The summed E-state index contributed by atoms with van der Waals surface area (Å²) in [6.07, 6.45) is 1.61. The molecule has 5 heteroatoms. The summed E-state index contributed by atoms with van der Waals surface area (Å²) in [5, 5.41) is 5.96. The summed E-state index contributed by atoms with van der Waals surface area (Å²) in [5.74, 6) is 0.248. The highest BCUT2D eigenvalue weighted by Gasteiger charge is 2.13. The maximum absolute atomic E-state index is 12.4. The van der Waals surface area contributed by atoms with E-state index in [1.165, 1.54) is 0 Å². The first-order valence-electron chi connectivity index (χ1n) is 7.24. The molecule has 114 valence electrons. The van der Waals surface area contributed by atoms with Crippen LogP contribution >= 0.6 is 0 Å². The summed E-state index contributed by atoms with van der Waals surface area (Å²) in [4.78, 5) is 21.0. The molecule has 2 N–H and O–H groups in total. The molecule has 0 fully saturated rings. The van der Waals surface area contributed by atoms with Gasteiger partial charge in [-0.05, 0) is 31.2 Å². The Labute approximate surface area is 134 Å². The van der Waals surface area contributed by atoms with Gasteiger partial charge in [0.2, 0.25) is 0 Å². The zero-order valence-electron chi connectivity index (χ0n) is 12.7.